The molecule has 69 heavy (non-hydrogen) atoms. The van der Waals surface area contributed by atoms with E-state index in [-0.39, 0.29) is 31.1 Å². The van der Waals surface area contributed by atoms with Crippen molar-refractivity contribution in [3.8, 4) is 0 Å². The molecule has 0 radical (unpaired) electrons. The Kier molecular flexibility index (Phi) is 56.7. The largest absolute Gasteiger partial charge is 0.462 e. The minimum atomic E-state index is -0.771. The van der Waals surface area contributed by atoms with E-state index in [1.807, 2.05) is 0 Å². The maximum Gasteiger partial charge on any atom is 0.306 e. The number of esters is 3. The van der Waals surface area contributed by atoms with E-state index in [1.54, 1.807) is 0 Å². The van der Waals surface area contributed by atoms with Crippen molar-refractivity contribution >= 4 is 17.9 Å². The highest BCUT2D eigenvalue weighted by atomic mass is 16.6. The van der Waals surface area contributed by atoms with Crippen LogP contribution in [0.4, 0.5) is 0 Å². The summed E-state index contributed by atoms with van der Waals surface area (Å²) in [7, 11) is 0. The van der Waals surface area contributed by atoms with Crippen molar-refractivity contribution in [2.75, 3.05) is 13.2 Å². The Morgan fingerprint density at radius 1 is 0.290 bits per heavy atom. The Morgan fingerprint density at radius 2 is 0.522 bits per heavy atom. The first-order chi connectivity index (χ1) is 34.0. The van der Waals surface area contributed by atoms with Crippen molar-refractivity contribution in [3.63, 3.8) is 0 Å². The van der Waals surface area contributed by atoms with Gasteiger partial charge >= 0.3 is 17.9 Å². The lowest BCUT2D eigenvalue weighted by Crippen LogP contribution is -2.30. The second kappa shape index (κ2) is 58.5. The number of rotatable bonds is 57. The van der Waals surface area contributed by atoms with E-state index in [0.717, 1.165) is 70.6 Å². The van der Waals surface area contributed by atoms with Gasteiger partial charge in [0.1, 0.15) is 13.2 Å². The maximum atomic E-state index is 12.9. The van der Waals surface area contributed by atoms with Gasteiger partial charge < -0.3 is 14.2 Å². The van der Waals surface area contributed by atoms with Gasteiger partial charge in [0, 0.05) is 19.3 Å². The Hall–Kier alpha value is -2.11. The van der Waals surface area contributed by atoms with E-state index in [1.165, 1.54) is 231 Å². The number of unbranched alkanes of at least 4 members (excludes halogenated alkanes) is 42. The second-order valence-corrected chi connectivity index (χ2v) is 21.0. The third kappa shape index (κ3) is 56.7. The Bertz CT molecular complexity index is 1110. The minimum Gasteiger partial charge on any atom is -0.462 e. The molecule has 0 fully saturated rings. The first-order valence-electron chi connectivity index (χ1n) is 30.8. The molecule has 0 saturated heterocycles. The molecule has 0 spiro atoms. The van der Waals surface area contributed by atoms with Crippen LogP contribution in [0.25, 0.3) is 0 Å². The summed E-state index contributed by atoms with van der Waals surface area (Å²) in [5.41, 5.74) is 0. The molecule has 0 rings (SSSR count). The van der Waals surface area contributed by atoms with Gasteiger partial charge in [0.25, 0.3) is 0 Å². The predicted octanol–water partition coefficient (Wildman–Crippen LogP) is 20.7. The average Bonchev–Trinajstić information content (AvgIpc) is 3.35. The Labute approximate surface area is 430 Å². The monoisotopic (exact) mass is 971 g/mol. The summed E-state index contributed by atoms with van der Waals surface area (Å²) < 4.78 is 16.9. The first-order valence-corrected chi connectivity index (χ1v) is 30.8. The third-order valence-electron chi connectivity index (χ3n) is 14.0. The van der Waals surface area contributed by atoms with Crippen LogP contribution in [-0.4, -0.2) is 37.2 Å². The fraction of sp³-hybridized carbons (Fsp3) is 0.889. The lowest BCUT2D eigenvalue weighted by molar-refractivity contribution is -0.167. The highest BCUT2D eigenvalue weighted by Crippen LogP contribution is 2.18. The number of hydrogen-bond donors (Lipinski definition) is 0. The average molecular weight is 972 g/mol. The van der Waals surface area contributed by atoms with Gasteiger partial charge in [-0.2, -0.15) is 0 Å². The molecule has 0 aromatic heterocycles. The van der Waals surface area contributed by atoms with Crippen LogP contribution >= 0.6 is 0 Å². The normalized spacial score (nSPS) is 12.1. The van der Waals surface area contributed by atoms with Gasteiger partial charge in [0.05, 0.1) is 0 Å². The fourth-order valence-corrected chi connectivity index (χ4v) is 9.30. The van der Waals surface area contributed by atoms with Gasteiger partial charge in [0.15, 0.2) is 6.10 Å². The van der Waals surface area contributed by atoms with E-state index in [2.05, 4.69) is 45.1 Å². The van der Waals surface area contributed by atoms with E-state index < -0.39 is 6.10 Å². The van der Waals surface area contributed by atoms with Gasteiger partial charge in [-0.3, -0.25) is 14.4 Å². The molecule has 0 aliphatic carbocycles. The summed E-state index contributed by atoms with van der Waals surface area (Å²) in [5, 5.41) is 0. The summed E-state index contributed by atoms with van der Waals surface area (Å²) in [6, 6.07) is 0. The van der Waals surface area contributed by atoms with Gasteiger partial charge in [-0.15, -0.1) is 0 Å². The number of ether oxygens (including phenoxy) is 3. The summed E-state index contributed by atoms with van der Waals surface area (Å²) >= 11 is 0. The molecule has 0 amide bonds. The molecule has 1 unspecified atom stereocenters. The molecule has 406 valence electrons. The SMILES string of the molecule is CCCCC/C=C\C/C=C\CCCCCCCCCC(=O)OC(COC(=O)CCCCCCCCCCCCCCCC)COC(=O)CCCCCCCCCCCCCCCCCCCCCC. The molecule has 0 aliphatic rings. The molecule has 1 atom stereocenters. The highest BCUT2D eigenvalue weighted by Gasteiger charge is 2.19. The molecule has 6 nitrogen and oxygen atoms in total. The molecule has 0 N–H and O–H groups in total. The van der Waals surface area contributed by atoms with E-state index in [4.69, 9.17) is 14.2 Å². The number of carbonyl (C=O) groups is 3. The third-order valence-corrected chi connectivity index (χ3v) is 14.0. The molecular formula is C63H118O6. The molecule has 0 aromatic rings. The van der Waals surface area contributed by atoms with Crippen LogP contribution in [0.15, 0.2) is 24.3 Å². The van der Waals surface area contributed by atoms with Crippen LogP contribution in [0.1, 0.15) is 342 Å². The number of carbonyl (C=O) groups excluding carboxylic acids is 3. The zero-order valence-corrected chi connectivity index (χ0v) is 46.6. The van der Waals surface area contributed by atoms with Gasteiger partial charge in [0.2, 0.25) is 0 Å². The Morgan fingerprint density at radius 3 is 0.826 bits per heavy atom. The first kappa shape index (κ1) is 66.9. The van der Waals surface area contributed by atoms with Crippen LogP contribution in [0.2, 0.25) is 0 Å². The standard InChI is InChI=1S/C63H118O6/c1-4-7-10-13-16-19-22-25-28-30-31-32-34-35-38-41-44-47-50-53-56-62(65)68-59-60(58-67-61(64)55-52-49-46-43-40-37-27-24-21-18-15-12-9-6-3)69-63(66)57-54-51-48-45-42-39-36-33-29-26-23-20-17-14-11-8-5-2/h17,20,26,29,60H,4-16,18-19,21-25,27-28,30-59H2,1-3H3/b20-17-,29-26-. The fourth-order valence-electron chi connectivity index (χ4n) is 9.30. The quantitative estimate of drug-likeness (QED) is 0.0261. The maximum absolute atomic E-state index is 12.9. The lowest BCUT2D eigenvalue weighted by Gasteiger charge is -2.18. The van der Waals surface area contributed by atoms with Gasteiger partial charge in [-0.1, -0.05) is 295 Å². The van der Waals surface area contributed by atoms with Crippen LogP contribution < -0.4 is 0 Å². The van der Waals surface area contributed by atoms with Crippen LogP contribution in [0, 0.1) is 0 Å². The molecule has 0 saturated carbocycles. The van der Waals surface area contributed by atoms with Crippen molar-refractivity contribution in [2.24, 2.45) is 0 Å². The number of allylic oxidation sites excluding steroid dienone is 4. The zero-order valence-electron chi connectivity index (χ0n) is 46.6. The lowest BCUT2D eigenvalue weighted by atomic mass is 10.0. The molecule has 6 heteroatoms. The summed E-state index contributed by atoms with van der Waals surface area (Å²) in [6.07, 6.45) is 68.9. The number of hydrogen-bond acceptors (Lipinski definition) is 6. The second-order valence-electron chi connectivity index (χ2n) is 21.0. The van der Waals surface area contributed by atoms with Crippen LogP contribution in [0.3, 0.4) is 0 Å². The summed E-state index contributed by atoms with van der Waals surface area (Å²) in [5.74, 6) is -0.851. The van der Waals surface area contributed by atoms with Crippen LogP contribution in [-0.2, 0) is 28.6 Å². The molecule has 0 heterocycles. The minimum absolute atomic E-state index is 0.0686. The predicted molar refractivity (Wildman–Crippen MR) is 298 cm³/mol. The molecule has 0 bridgehead atoms. The Balaban J connectivity index is 4.30. The van der Waals surface area contributed by atoms with E-state index in [0.29, 0.717) is 19.3 Å². The molecule has 0 aromatic carbocycles. The van der Waals surface area contributed by atoms with Crippen molar-refractivity contribution in [2.45, 2.75) is 348 Å². The van der Waals surface area contributed by atoms with Crippen molar-refractivity contribution < 1.29 is 28.6 Å². The topological polar surface area (TPSA) is 78.9 Å². The summed E-state index contributed by atoms with van der Waals surface area (Å²) in [6.45, 7) is 6.67. The molecule has 0 aliphatic heterocycles. The van der Waals surface area contributed by atoms with Gasteiger partial charge in [-0.25, -0.2) is 0 Å². The molecular weight excluding hydrogens is 853 g/mol. The van der Waals surface area contributed by atoms with Crippen molar-refractivity contribution in [1.82, 2.24) is 0 Å². The van der Waals surface area contributed by atoms with Crippen molar-refractivity contribution in [1.29, 1.82) is 0 Å². The van der Waals surface area contributed by atoms with Gasteiger partial charge in [-0.05, 0) is 51.4 Å². The van der Waals surface area contributed by atoms with E-state index in [9.17, 15) is 14.4 Å². The smallest absolute Gasteiger partial charge is 0.306 e. The van der Waals surface area contributed by atoms with Crippen LogP contribution in [0.5, 0.6) is 0 Å². The zero-order chi connectivity index (χ0) is 50.0. The summed E-state index contributed by atoms with van der Waals surface area (Å²) in [4.78, 5) is 38.2. The van der Waals surface area contributed by atoms with Crippen molar-refractivity contribution in [3.05, 3.63) is 24.3 Å². The van der Waals surface area contributed by atoms with E-state index >= 15 is 0 Å². The highest BCUT2D eigenvalue weighted by molar-refractivity contribution is 5.71.